The van der Waals surface area contributed by atoms with Crippen LogP contribution in [0.3, 0.4) is 0 Å². The molecule has 0 radical (unpaired) electrons. The summed E-state index contributed by atoms with van der Waals surface area (Å²) in [7, 11) is 3.84. The third kappa shape index (κ3) is 7.74. The standard InChI is InChI=1S/C38H47ClN5OP/c1-44(2)38-42-36(41-37(40)43-38)31-25-27-32(28-26-31)45-29-17-6-4-3-5-7-18-30-46(39,33-19-11-8-12-20-33,34-21-13-9-14-22-34)35-23-15-10-16-24-35/h8-16,19-28,36H,3-7,17-18,29-30H2,1-2H3,(H3,40,41,42,43). The van der Waals surface area contributed by atoms with E-state index in [4.69, 9.17) is 21.7 Å². The van der Waals surface area contributed by atoms with Gasteiger partial charge in [-0.1, -0.05) is 12.1 Å². The number of hydrogen-bond donors (Lipinski definition) is 2. The molecule has 0 saturated carbocycles. The quantitative estimate of drug-likeness (QED) is 0.104. The zero-order chi connectivity index (χ0) is 32.3. The van der Waals surface area contributed by atoms with Gasteiger partial charge in [0.25, 0.3) is 0 Å². The van der Waals surface area contributed by atoms with Crippen molar-refractivity contribution in [2.75, 3.05) is 26.9 Å². The number of ether oxygens (including phenoxy) is 1. The molecule has 5 rings (SSSR count). The van der Waals surface area contributed by atoms with Gasteiger partial charge in [0.15, 0.2) is 12.1 Å². The summed E-state index contributed by atoms with van der Waals surface area (Å²) in [6.45, 7) is 0.715. The van der Waals surface area contributed by atoms with Crippen LogP contribution < -0.4 is 31.7 Å². The van der Waals surface area contributed by atoms with E-state index in [-0.39, 0.29) is 6.17 Å². The van der Waals surface area contributed by atoms with Gasteiger partial charge in [0.2, 0.25) is 5.96 Å². The Kier molecular flexibility index (Phi) is 11.4. The Morgan fingerprint density at radius 3 is 1.65 bits per heavy atom. The van der Waals surface area contributed by atoms with Gasteiger partial charge in [-0.25, -0.2) is 9.98 Å². The van der Waals surface area contributed by atoms with Gasteiger partial charge in [0.1, 0.15) is 0 Å². The first-order valence-electron chi connectivity index (χ1n) is 16.4. The zero-order valence-electron chi connectivity index (χ0n) is 27.1. The Labute approximate surface area is 279 Å². The van der Waals surface area contributed by atoms with Crippen molar-refractivity contribution in [3.8, 4) is 5.75 Å². The molecular weight excluding hydrogens is 609 g/mol. The molecule has 4 aromatic rings. The third-order valence-electron chi connectivity index (χ3n) is 8.72. The molecule has 0 saturated heterocycles. The van der Waals surface area contributed by atoms with Gasteiger partial charge in [-0.15, -0.1) is 0 Å². The summed E-state index contributed by atoms with van der Waals surface area (Å²) in [6, 6.07) is 40.4. The van der Waals surface area contributed by atoms with Gasteiger partial charge in [0, 0.05) is 14.1 Å². The minimum atomic E-state index is -3.15. The summed E-state index contributed by atoms with van der Waals surface area (Å²) in [5.41, 5.74) is 6.93. The van der Waals surface area contributed by atoms with Crippen LogP contribution in [-0.2, 0) is 0 Å². The van der Waals surface area contributed by atoms with E-state index in [2.05, 4.69) is 106 Å². The van der Waals surface area contributed by atoms with Crippen LogP contribution in [-0.4, -0.2) is 43.7 Å². The second-order valence-corrected chi connectivity index (χ2v) is 18.8. The number of hydrogen-bond acceptors (Lipinski definition) is 6. The number of nitrogens with two attached hydrogens (primary N) is 1. The molecule has 0 fully saturated rings. The molecule has 1 heterocycles. The normalized spacial score (nSPS) is 15.5. The monoisotopic (exact) mass is 655 g/mol. The van der Waals surface area contributed by atoms with Crippen molar-refractivity contribution in [3.05, 3.63) is 121 Å². The van der Waals surface area contributed by atoms with Crippen LogP contribution in [0.5, 0.6) is 5.75 Å². The zero-order valence-corrected chi connectivity index (χ0v) is 28.7. The van der Waals surface area contributed by atoms with E-state index >= 15 is 0 Å². The molecule has 0 aliphatic carbocycles. The summed E-state index contributed by atoms with van der Waals surface area (Å²) >= 11 is 8.19. The number of unbranched alkanes of at least 4 members (excludes halogenated alkanes) is 6. The SMILES string of the molecule is CN(C)C1=NC(c2ccc(OCCCCCCCCCP(Cl)(c3ccccc3)(c3ccccc3)c3ccccc3)cc2)N=C(N)N1. The Morgan fingerprint density at radius 2 is 1.15 bits per heavy atom. The molecule has 1 unspecified atom stereocenters. The number of rotatable bonds is 15. The smallest absolute Gasteiger partial charge is 0.370 e. The summed E-state index contributed by atoms with van der Waals surface area (Å²) in [6.07, 6.45) is 8.73. The van der Waals surface area contributed by atoms with Gasteiger partial charge < -0.3 is 10.6 Å². The molecule has 4 aromatic carbocycles. The molecule has 242 valence electrons. The van der Waals surface area contributed by atoms with Gasteiger partial charge in [-0.05, 0) is 5.56 Å². The molecule has 46 heavy (non-hydrogen) atoms. The van der Waals surface area contributed by atoms with Crippen LogP contribution in [0.25, 0.3) is 0 Å². The van der Waals surface area contributed by atoms with E-state index in [1.807, 2.05) is 43.3 Å². The fourth-order valence-electron chi connectivity index (χ4n) is 6.20. The van der Waals surface area contributed by atoms with Crippen molar-refractivity contribution < 1.29 is 4.74 Å². The predicted octanol–water partition coefficient (Wildman–Crippen LogP) is 7.31. The molecule has 0 amide bonds. The fourth-order valence-corrected chi connectivity index (χ4v) is 12.4. The van der Waals surface area contributed by atoms with E-state index in [9.17, 15) is 0 Å². The van der Waals surface area contributed by atoms with Gasteiger partial charge in [-0.3, -0.25) is 5.32 Å². The average Bonchev–Trinajstić information content (AvgIpc) is 3.10. The molecule has 3 N–H and O–H groups in total. The summed E-state index contributed by atoms with van der Waals surface area (Å²) in [5, 5.41) is 6.73. The van der Waals surface area contributed by atoms with Crippen LogP contribution in [0, 0.1) is 0 Å². The first-order chi connectivity index (χ1) is 22.4. The number of guanidine groups is 2. The summed E-state index contributed by atoms with van der Waals surface area (Å²) in [4.78, 5) is 10.9. The molecule has 0 spiro atoms. The molecular formula is C38H47ClN5OP. The topological polar surface area (TPSA) is 75.2 Å². The molecule has 8 heteroatoms. The third-order valence-corrected chi connectivity index (χ3v) is 16.3. The van der Waals surface area contributed by atoms with Crippen LogP contribution in [0.1, 0.15) is 56.7 Å². The number of benzene rings is 4. The predicted molar refractivity (Wildman–Crippen MR) is 199 cm³/mol. The number of nitrogens with one attached hydrogen (secondary N) is 1. The summed E-state index contributed by atoms with van der Waals surface area (Å²) in [5.74, 6) is -1.22. The Balaban J connectivity index is 1.08. The van der Waals surface area contributed by atoms with Gasteiger partial charge in [0.05, 0.1) is 0 Å². The Hall–Kier alpha value is -3.86. The minimum Gasteiger partial charge on any atom is -0.370 e. The molecule has 6 nitrogen and oxygen atoms in total. The maximum atomic E-state index is 8.19. The second kappa shape index (κ2) is 15.6. The van der Waals surface area contributed by atoms with Crippen LogP contribution >= 0.6 is 17.2 Å². The molecule has 0 aromatic heterocycles. The first kappa shape index (κ1) is 33.5. The van der Waals surface area contributed by atoms with E-state index in [0.29, 0.717) is 18.5 Å². The summed E-state index contributed by atoms with van der Waals surface area (Å²) < 4.78 is 6.02. The van der Waals surface area contributed by atoms with Crippen molar-refractivity contribution in [3.63, 3.8) is 0 Å². The molecule has 1 aliphatic rings. The number of aliphatic imine (C=N–C) groups is 2. The van der Waals surface area contributed by atoms with Crippen molar-refractivity contribution in [1.82, 2.24) is 10.2 Å². The minimum absolute atomic E-state index is 0.351. The van der Waals surface area contributed by atoms with Crippen LogP contribution in [0.4, 0.5) is 0 Å². The number of halogens is 1. The van der Waals surface area contributed by atoms with Crippen LogP contribution in [0.2, 0.25) is 0 Å². The molecule has 1 aliphatic heterocycles. The number of nitrogens with zero attached hydrogens (tertiary/aromatic N) is 3. The van der Waals surface area contributed by atoms with Gasteiger partial charge in [-0.2, -0.15) is 0 Å². The van der Waals surface area contributed by atoms with E-state index in [1.54, 1.807) is 0 Å². The van der Waals surface area contributed by atoms with Crippen molar-refractivity contribution in [2.24, 2.45) is 15.7 Å². The maximum absolute atomic E-state index is 8.19. The average molecular weight is 656 g/mol. The first-order valence-corrected chi connectivity index (χ1v) is 19.7. The van der Waals surface area contributed by atoms with E-state index < -0.39 is 5.96 Å². The molecule has 0 bridgehead atoms. The van der Waals surface area contributed by atoms with E-state index in [0.717, 1.165) is 36.7 Å². The van der Waals surface area contributed by atoms with Crippen molar-refractivity contribution in [2.45, 2.75) is 51.1 Å². The van der Waals surface area contributed by atoms with Crippen LogP contribution in [0.15, 0.2) is 125 Å². The van der Waals surface area contributed by atoms with Gasteiger partial charge >= 0.3 is 204 Å². The van der Waals surface area contributed by atoms with Crippen molar-refractivity contribution in [1.29, 1.82) is 0 Å². The van der Waals surface area contributed by atoms with Crippen molar-refractivity contribution >= 4 is 45.0 Å². The Morgan fingerprint density at radius 1 is 0.674 bits per heavy atom. The fraction of sp³-hybridized carbons (Fsp3) is 0.316. The Bertz CT molecular complexity index is 1480. The second-order valence-electron chi connectivity index (χ2n) is 12.2. The van der Waals surface area contributed by atoms with E-state index in [1.165, 1.54) is 41.6 Å². The molecule has 1 atom stereocenters.